The lowest BCUT2D eigenvalue weighted by Crippen LogP contribution is -2.42. The molecule has 0 radical (unpaired) electrons. The van der Waals surface area contributed by atoms with Crippen molar-refractivity contribution in [3.8, 4) is 5.75 Å². The Hall–Kier alpha value is -2.60. The number of fused-ring (bicyclic) bond motifs is 2. The summed E-state index contributed by atoms with van der Waals surface area (Å²) in [5.74, 6) is 0.480. The molecule has 0 saturated carbocycles. The van der Waals surface area contributed by atoms with Crippen LogP contribution in [0.4, 0.5) is 5.69 Å². The molecule has 1 atom stereocenters. The summed E-state index contributed by atoms with van der Waals surface area (Å²) in [7, 11) is 0. The van der Waals surface area contributed by atoms with Crippen molar-refractivity contribution in [2.75, 3.05) is 11.4 Å². The van der Waals surface area contributed by atoms with Crippen molar-refractivity contribution < 1.29 is 9.53 Å². The van der Waals surface area contributed by atoms with E-state index < -0.39 is 0 Å². The van der Waals surface area contributed by atoms with Gasteiger partial charge in [0.25, 0.3) is 5.91 Å². The summed E-state index contributed by atoms with van der Waals surface area (Å²) in [5.41, 5.74) is 2.50. The summed E-state index contributed by atoms with van der Waals surface area (Å²) >= 11 is 6.10. The molecule has 0 saturated heterocycles. The van der Waals surface area contributed by atoms with Crippen LogP contribution >= 0.6 is 11.6 Å². The molecule has 2 aromatic heterocycles. The maximum Gasteiger partial charge on any atom is 0.264 e. The lowest BCUT2D eigenvalue weighted by molar-refractivity contribution is 0.0962. The van der Waals surface area contributed by atoms with E-state index in [2.05, 4.69) is 10.1 Å². The molecular weight excluding hydrogens is 328 g/mol. The SMILES string of the molecule is Cc1ccn2ncc(C(=O)N3C[C@@H](C)Oc4ccc(Cl)cc43)c2n1. The van der Waals surface area contributed by atoms with Gasteiger partial charge in [0.1, 0.15) is 17.4 Å². The fourth-order valence-electron chi connectivity index (χ4n) is 2.86. The highest BCUT2D eigenvalue weighted by atomic mass is 35.5. The number of carbonyl (C=O) groups excluding carboxylic acids is 1. The van der Waals surface area contributed by atoms with E-state index in [0.29, 0.717) is 34.2 Å². The fraction of sp³-hybridized carbons (Fsp3) is 0.235. The molecule has 0 spiro atoms. The number of hydrogen-bond donors (Lipinski definition) is 0. The zero-order chi connectivity index (χ0) is 16.8. The van der Waals surface area contributed by atoms with E-state index in [9.17, 15) is 4.79 Å². The molecule has 3 heterocycles. The number of ether oxygens (including phenoxy) is 1. The van der Waals surface area contributed by atoms with Crippen molar-refractivity contribution >= 4 is 28.8 Å². The fourth-order valence-corrected chi connectivity index (χ4v) is 3.02. The van der Waals surface area contributed by atoms with E-state index in [1.54, 1.807) is 40.0 Å². The van der Waals surface area contributed by atoms with Crippen LogP contribution in [-0.2, 0) is 0 Å². The topological polar surface area (TPSA) is 59.7 Å². The van der Waals surface area contributed by atoms with Crippen LogP contribution < -0.4 is 9.64 Å². The number of amides is 1. The van der Waals surface area contributed by atoms with Gasteiger partial charge in [-0.1, -0.05) is 11.6 Å². The predicted octanol–water partition coefficient (Wildman–Crippen LogP) is 3.12. The molecule has 3 aromatic rings. The maximum absolute atomic E-state index is 13.1. The third-order valence-electron chi connectivity index (χ3n) is 3.96. The minimum absolute atomic E-state index is 0.112. The Balaban J connectivity index is 1.82. The number of aromatic nitrogens is 3. The van der Waals surface area contributed by atoms with Crippen LogP contribution in [-0.4, -0.2) is 33.2 Å². The van der Waals surface area contributed by atoms with Gasteiger partial charge in [0.2, 0.25) is 0 Å². The van der Waals surface area contributed by atoms with Gasteiger partial charge in [0.05, 0.1) is 18.4 Å². The number of nitrogens with zero attached hydrogens (tertiary/aromatic N) is 4. The summed E-state index contributed by atoms with van der Waals surface area (Å²) in [6.45, 7) is 4.25. The average Bonchev–Trinajstić information content (AvgIpc) is 2.97. The maximum atomic E-state index is 13.1. The quantitative estimate of drug-likeness (QED) is 0.681. The smallest absolute Gasteiger partial charge is 0.264 e. The van der Waals surface area contributed by atoms with Crippen molar-refractivity contribution in [1.82, 2.24) is 14.6 Å². The molecule has 7 heteroatoms. The van der Waals surface area contributed by atoms with E-state index in [4.69, 9.17) is 16.3 Å². The number of benzene rings is 1. The second kappa shape index (κ2) is 5.49. The van der Waals surface area contributed by atoms with Crippen LogP contribution in [0.25, 0.3) is 5.65 Å². The minimum atomic E-state index is -0.165. The van der Waals surface area contributed by atoms with Crippen molar-refractivity contribution in [2.45, 2.75) is 20.0 Å². The Morgan fingerprint density at radius 1 is 1.38 bits per heavy atom. The van der Waals surface area contributed by atoms with Crippen LogP contribution in [0.2, 0.25) is 5.02 Å². The predicted molar refractivity (Wildman–Crippen MR) is 90.9 cm³/mol. The van der Waals surface area contributed by atoms with Crippen LogP contribution in [0.15, 0.2) is 36.7 Å². The Morgan fingerprint density at radius 2 is 2.21 bits per heavy atom. The Kier molecular flexibility index (Phi) is 3.42. The van der Waals surface area contributed by atoms with Gasteiger partial charge in [0.15, 0.2) is 5.65 Å². The summed E-state index contributed by atoms with van der Waals surface area (Å²) in [6.07, 6.45) is 3.23. The van der Waals surface area contributed by atoms with Crippen molar-refractivity contribution in [1.29, 1.82) is 0 Å². The molecule has 122 valence electrons. The average molecular weight is 343 g/mol. The summed E-state index contributed by atoms with van der Waals surface area (Å²) in [5, 5.41) is 4.77. The first kappa shape index (κ1) is 15.0. The molecule has 0 unspecified atom stereocenters. The lowest BCUT2D eigenvalue weighted by atomic mass is 10.1. The molecule has 0 N–H and O–H groups in total. The van der Waals surface area contributed by atoms with Crippen molar-refractivity contribution in [3.05, 3.63) is 52.9 Å². The zero-order valence-electron chi connectivity index (χ0n) is 13.2. The number of aryl methyl sites for hydroxylation is 1. The van der Waals surface area contributed by atoms with E-state index in [-0.39, 0.29) is 12.0 Å². The molecule has 6 nitrogen and oxygen atoms in total. The number of rotatable bonds is 1. The van der Waals surface area contributed by atoms with Crippen molar-refractivity contribution in [2.24, 2.45) is 0 Å². The molecule has 0 fully saturated rings. The molecule has 0 bridgehead atoms. The van der Waals surface area contributed by atoms with Gasteiger partial charge >= 0.3 is 0 Å². The first-order valence-corrected chi connectivity index (χ1v) is 8.00. The van der Waals surface area contributed by atoms with Crippen molar-refractivity contribution in [3.63, 3.8) is 0 Å². The van der Waals surface area contributed by atoms with Gasteiger partial charge in [-0.25, -0.2) is 9.50 Å². The number of hydrogen-bond acceptors (Lipinski definition) is 4. The molecule has 24 heavy (non-hydrogen) atoms. The van der Waals surface area contributed by atoms with Crippen LogP contribution in [0.1, 0.15) is 23.0 Å². The molecule has 1 aromatic carbocycles. The molecule has 4 rings (SSSR count). The Morgan fingerprint density at radius 3 is 3.04 bits per heavy atom. The first-order chi connectivity index (χ1) is 11.5. The molecular formula is C17H15ClN4O2. The van der Waals surface area contributed by atoms with Crippen LogP contribution in [0, 0.1) is 6.92 Å². The minimum Gasteiger partial charge on any atom is -0.487 e. The monoisotopic (exact) mass is 342 g/mol. The Labute approximate surface area is 143 Å². The van der Waals surface area contributed by atoms with E-state index in [1.807, 2.05) is 19.9 Å². The zero-order valence-corrected chi connectivity index (χ0v) is 14.0. The normalized spacial score (nSPS) is 16.8. The largest absolute Gasteiger partial charge is 0.487 e. The number of halogens is 1. The van der Waals surface area contributed by atoms with Gasteiger partial charge in [-0.15, -0.1) is 0 Å². The highest BCUT2D eigenvalue weighted by Gasteiger charge is 2.30. The van der Waals surface area contributed by atoms with E-state index in [0.717, 1.165) is 5.69 Å². The van der Waals surface area contributed by atoms with E-state index in [1.165, 1.54) is 0 Å². The molecule has 1 aliphatic heterocycles. The highest BCUT2D eigenvalue weighted by molar-refractivity contribution is 6.31. The first-order valence-electron chi connectivity index (χ1n) is 7.62. The Bertz CT molecular complexity index is 953. The van der Waals surface area contributed by atoms with Gasteiger partial charge in [-0.3, -0.25) is 4.79 Å². The number of carbonyl (C=O) groups is 1. The second-order valence-corrected chi connectivity index (χ2v) is 6.29. The van der Waals surface area contributed by atoms with Gasteiger partial charge in [-0.2, -0.15) is 5.10 Å². The third kappa shape index (κ3) is 2.39. The molecule has 1 amide bonds. The summed E-state index contributed by atoms with van der Waals surface area (Å²) in [4.78, 5) is 19.3. The lowest BCUT2D eigenvalue weighted by Gasteiger charge is -2.33. The van der Waals surface area contributed by atoms with Crippen LogP contribution in [0.3, 0.4) is 0 Å². The van der Waals surface area contributed by atoms with Crippen LogP contribution in [0.5, 0.6) is 5.75 Å². The van der Waals surface area contributed by atoms with Gasteiger partial charge in [-0.05, 0) is 38.1 Å². The van der Waals surface area contributed by atoms with E-state index >= 15 is 0 Å². The summed E-state index contributed by atoms with van der Waals surface area (Å²) < 4.78 is 7.40. The highest BCUT2D eigenvalue weighted by Crippen LogP contribution is 2.36. The standard InChI is InChI=1S/C17H15ClN4O2/c1-10-5-6-22-16(20-10)13(8-19-22)17(23)21-9-11(2)24-15-4-3-12(18)7-14(15)21/h3-8,11H,9H2,1-2H3/t11-/m1/s1. The van der Waals surface area contributed by atoms with Gasteiger partial charge < -0.3 is 9.64 Å². The third-order valence-corrected chi connectivity index (χ3v) is 4.20. The van der Waals surface area contributed by atoms with Gasteiger partial charge in [0, 0.05) is 16.9 Å². The molecule has 0 aliphatic carbocycles. The molecule has 1 aliphatic rings. The summed E-state index contributed by atoms with van der Waals surface area (Å²) in [6, 6.07) is 7.12. The second-order valence-electron chi connectivity index (χ2n) is 5.85. The number of anilines is 1.